The van der Waals surface area contributed by atoms with Crippen LogP contribution in [0, 0.1) is 6.92 Å². The van der Waals surface area contributed by atoms with Crippen molar-refractivity contribution in [3.8, 4) is 0 Å². The predicted octanol–water partition coefficient (Wildman–Crippen LogP) is 3.12. The smallest absolute Gasteiger partial charge is 0.254 e. The Morgan fingerprint density at radius 3 is 2.00 bits per heavy atom. The van der Waals surface area contributed by atoms with Crippen molar-refractivity contribution < 1.29 is 18.0 Å². The van der Waals surface area contributed by atoms with Gasteiger partial charge >= 0.3 is 0 Å². The monoisotopic (exact) mass is 414 g/mol. The predicted molar refractivity (Wildman–Crippen MR) is 111 cm³/mol. The van der Waals surface area contributed by atoms with Crippen LogP contribution in [0.15, 0.2) is 53.4 Å². The maximum Gasteiger partial charge on any atom is 0.254 e. The minimum atomic E-state index is -3.52. The van der Waals surface area contributed by atoms with E-state index in [-0.39, 0.29) is 16.6 Å². The van der Waals surface area contributed by atoms with Crippen LogP contribution in [-0.2, 0) is 10.0 Å². The summed E-state index contributed by atoms with van der Waals surface area (Å²) >= 11 is 0. The first kappa shape index (κ1) is 21.2. The Labute approximate surface area is 172 Å². The van der Waals surface area contributed by atoms with Gasteiger partial charge in [-0.1, -0.05) is 29.8 Å². The second-order valence-electron chi connectivity index (χ2n) is 7.46. The number of aryl methyl sites for hydroxylation is 1. The van der Waals surface area contributed by atoms with E-state index >= 15 is 0 Å². The number of rotatable bonds is 6. The molecule has 7 heteroatoms. The molecule has 0 N–H and O–H groups in total. The Kier molecular flexibility index (Phi) is 6.19. The summed E-state index contributed by atoms with van der Waals surface area (Å²) in [5, 5.41) is 0. The van der Waals surface area contributed by atoms with E-state index in [9.17, 15) is 18.0 Å². The van der Waals surface area contributed by atoms with Gasteiger partial charge in [-0.3, -0.25) is 9.59 Å². The lowest BCUT2D eigenvalue weighted by molar-refractivity contribution is 0.0675. The number of Topliss-reactive ketones (excluding diaryl/α,β-unsaturated/α-hetero) is 1. The Morgan fingerprint density at radius 1 is 0.931 bits per heavy atom. The Balaban J connectivity index is 1.73. The van der Waals surface area contributed by atoms with Crippen molar-refractivity contribution in [2.75, 3.05) is 20.1 Å². The summed E-state index contributed by atoms with van der Waals surface area (Å²) in [7, 11) is -1.94. The maximum absolute atomic E-state index is 12.8. The third-order valence-corrected chi connectivity index (χ3v) is 7.33. The molecular weight excluding hydrogens is 388 g/mol. The summed E-state index contributed by atoms with van der Waals surface area (Å²) in [6.45, 7) is 4.70. The van der Waals surface area contributed by atoms with E-state index in [1.54, 1.807) is 26.1 Å². The van der Waals surface area contributed by atoms with Gasteiger partial charge in [-0.2, -0.15) is 4.31 Å². The van der Waals surface area contributed by atoms with Gasteiger partial charge in [0.1, 0.15) is 0 Å². The van der Waals surface area contributed by atoms with Crippen molar-refractivity contribution in [3.05, 3.63) is 65.2 Å². The standard InChI is InChI=1S/C22H26N2O4S/c1-16-6-8-18(9-7-16)21(25)17(2)23(3)22(26)19-10-12-20(13-11-19)29(27,28)24-14-4-5-15-24/h6-13,17H,4-5,14-15H2,1-3H3. The van der Waals surface area contributed by atoms with Gasteiger partial charge in [-0.25, -0.2) is 8.42 Å². The van der Waals surface area contributed by atoms with E-state index in [0.717, 1.165) is 18.4 Å². The van der Waals surface area contributed by atoms with E-state index in [4.69, 9.17) is 0 Å². The highest BCUT2D eigenvalue weighted by Gasteiger charge is 2.28. The Morgan fingerprint density at radius 2 is 1.45 bits per heavy atom. The van der Waals surface area contributed by atoms with Crippen LogP contribution in [-0.4, -0.2) is 55.5 Å². The van der Waals surface area contributed by atoms with Gasteiger partial charge in [0.15, 0.2) is 5.78 Å². The number of hydrogen-bond donors (Lipinski definition) is 0. The molecule has 1 aliphatic rings. The molecule has 0 spiro atoms. The minimum absolute atomic E-state index is 0.144. The molecule has 1 amide bonds. The first-order valence-electron chi connectivity index (χ1n) is 9.70. The third-order valence-electron chi connectivity index (χ3n) is 5.42. The molecule has 0 saturated carbocycles. The molecule has 1 unspecified atom stereocenters. The Bertz CT molecular complexity index is 992. The summed E-state index contributed by atoms with van der Waals surface area (Å²) < 4.78 is 26.7. The van der Waals surface area contributed by atoms with Crippen LogP contribution < -0.4 is 0 Å². The number of amides is 1. The SMILES string of the molecule is Cc1ccc(C(=O)C(C)N(C)C(=O)c2ccc(S(=O)(=O)N3CCCC3)cc2)cc1. The lowest BCUT2D eigenvalue weighted by atomic mass is 10.0. The normalized spacial score (nSPS) is 15.8. The number of ketones is 1. The van der Waals surface area contributed by atoms with Gasteiger partial charge in [0.05, 0.1) is 10.9 Å². The fraction of sp³-hybridized carbons (Fsp3) is 0.364. The zero-order chi connectivity index (χ0) is 21.2. The van der Waals surface area contributed by atoms with Crippen LogP contribution in [0.4, 0.5) is 0 Å². The quantitative estimate of drug-likeness (QED) is 0.681. The molecule has 0 aromatic heterocycles. The van der Waals surface area contributed by atoms with Crippen molar-refractivity contribution in [2.45, 2.75) is 37.6 Å². The second kappa shape index (κ2) is 8.47. The summed E-state index contributed by atoms with van der Waals surface area (Å²) in [5.41, 5.74) is 1.95. The van der Waals surface area contributed by atoms with Gasteiger partial charge in [0, 0.05) is 31.3 Å². The van der Waals surface area contributed by atoms with Crippen LogP contribution in [0.3, 0.4) is 0 Å². The number of hydrogen-bond acceptors (Lipinski definition) is 4. The van der Waals surface area contributed by atoms with E-state index in [0.29, 0.717) is 24.2 Å². The van der Waals surface area contributed by atoms with Crippen LogP contribution in [0.25, 0.3) is 0 Å². The van der Waals surface area contributed by atoms with E-state index < -0.39 is 16.1 Å². The number of sulfonamides is 1. The number of carbonyl (C=O) groups excluding carboxylic acids is 2. The molecule has 6 nitrogen and oxygen atoms in total. The average molecular weight is 415 g/mol. The largest absolute Gasteiger partial charge is 0.332 e. The molecule has 2 aromatic rings. The van der Waals surface area contributed by atoms with Gasteiger partial charge in [-0.15, -0.1) is 0 Å². The molecule has 1 atom stereocenters. The molecule has 3 rings (SSSR count). The molecule has 1 saturated heterocycles. The number of benzene rings is 2. The zero-order valence-corrected chi connectivity index (χ0v) is 17.8. The average Bonchev–Trinajstić information content (AvgIpc) is 3.28. The van der Waals surface area contributed by atoms with Crippen LogP contribution >= 0.6 is 0 Å². The van der Waals surface area contributed by atoms with Gasteiger partial charge < -0.3 is 4.90 Å². The van der Waals surface area contributed by atoms with E-state index in [1.807, 2.05) is 19.1 Å². The maximum atomic E-state index is 12.8. The zero-order valence-electron chi connectivity index (χ0n) is 17.0. The molecule has 0 aliphatic carbocycles. The molecule has 1 aliphatic heterocycles. The van der Waals surface area contributed by atoms with Crippen LogP contribution in [0.1, 0.15) is 46.0 Å². The van der Waals surface area contributed by atoms with Gasteiger partial charge in [0.2, 0.25) is 10.0 Å². The molecule has 1 heterocycles. The van der Waals surface area contributed by atoms with Crippen molar-refractivity contribution in [1.82, 2.24) is 9.21 Å². The fourth-order valence-electron chi connectivity index (χ4n) is 3.36. The fourth-order valence-corrected chi connectivity index (χ4v) is 4.88. The second-order valence-corrected chi connectivity index (χ2v) is 9.40. The number of likely N-dealkylation sites (N-methyl/N-ethyl adjacent to an activating group) is 1. The minimum Gasteiger partial charge on any atom is -0.332 e. The highest BCUT2D eigenvalue weighted by molar-refractivity contribution is 7.89. The number of nitrogens with zero attached hydrogens (tertiary/aromatic N) is 2. The molecule has 154 valence electrons. The summed E-state index contributed by atoms with van der Waals surface area (Å²) in [6.07, 6.45) is 1.74. The molecule has 1 fully saturated rings. The molecule has 0 radical (unpaired) electrons. The molecule has 2 aromatic carbocycles. The number of carbonyl (C=O) groups is 2. The molecular formula is C22H26N2O4S. The van der Waals surface area contributed by atoms with Crippen molar-refractivity contribution in [3.63, 3.8) is 0 Å². The summed E-state index contributed by atoms with van der Waals surface area (Å²) in [4.78, 5) is 27.1. The van der Waals surface area contributed by atoms with Gasteiger partial charge in [0.25, 0.3) is 5.91 Å². The van der Waals surface area contributed by atoms with Crippen molar-refractivity contribution >= 4 is 21.7 Å². The highest BCUT2D eigenvalue weighted by Crippen LogP contribution is 2.22. The Hall–Kier alpha value is -2.51. The van der Waals surface area contributed by atoms with Crippen LogP contribution in [0.2, 0.25) is 0 Å². The highest BCUT2D eigenvalue weighted by atomic mass is 32.2. The van der Waals surface area contributed by atoms with E-state index in [2.05, 4.69) is 0 Å². The topological polar surface area (TPSA) is 74.8 Å². The first-order valence-corrected chi connectivity index (χ1v) is 11.1. The molecule has 0 bridgehead atoms. The first-order chi connectivity index (χ1) is 13.7. The van der Waals surface area contributed by atoms with Crippen molar-refractivity contribution in [2.24, 2.45) is 0 Å². The third kappa shape index (κ3) is 4.41. The summed E-state index contributed by atoms with van der Waals surface area (Å²) in [5.74, 6) is -0.475. The van der Waals surface area contributed by atoms with Crippen LogP contribution in [0.5, 0.6) is 0 Å². The molecule has 29 heavy (non-hydrogen) atoms. The van der Waals surface area contributed by atoms with Gasteiger partial charge in [-0.05, 0) is 51.0 Å². The van der Waals surface area contributed by atoms with E-state index in [1.165, 1.54) is 33.5 Å². The summed E-state index contributed by atoms with van der Waals surface area (Å²) in [6, 6.07) is 12.5. The van der Waals surface area contributed by atoms with Crippen molar-refractivity contribution in [1.29, 1.82) is 0 Å². The lowest BCUT2D eigenvalue weighted by Gasteiger charge is -2.24. The lowest BCUT2D eigenvalue weighted by Crippen LogP contribution is -2.40.